The van der Waals surface area contributed by atoms with Gasteiger partial charge in [-0.15, -0.1) is 0 Å². The Hall–Kier alpha value is -0.0800. The lowest BCUT2D eigenvalue weighted by Gasteiger charge is -2.54. The summed E-state index contributed by atoms with van der Waals surface area (Å²) in [6.45, 7) is 4.51. The molecule has 0 heterocycles. The molecule has 2 aliphatic carbocycles. The van der Waals surface area contributed by atoms with Crippen LogP contribution in [0.4, 0.5) is 0 Å². The molecular formula is C13H25NO. The van der Waals surface area contributed by atoms with Crippen molar-refractivity contribution in [3.8, 4) is 0 Å². The monoisotopic (exact) mass is 211 g/mol. The minimum Gasteiger partial charge on any atom is -0.374 e. The van der Waals surface area contributed by atoms with Crippen LogP contribution < -0.4 is 5.73 Å². The molecule has 2 nitrogen and oxygen atoms in total. The first-order chi connectivity index (χ1) is 7.23. The van der Waals surface area contributed by atoms with Gasteiger partial charge in [0.1, 0.15) is 0 Å². The summed E-state index contributed by atoms with van der Waals surface area (Å²) in [4.78, 5) is 0. The van der Waals surface area contributed by atoms with Crippen LogP contribution in [0.5, 0.6) is 0 Å². The third-order valence-electron chi connectivity index (χ3n) is 4.82. The Morgan fingerprint density at radius 3 is 2.27 bits per heavy atom. The van der Waals surface area contributed by atoms with Gasteiger partial charge in [-0.2, -0.15) is 0 Å². The highest BCUT2D eigenvalue weighted by Crippen LogP contribution is 2.48. The molecule has 0 spiro atoms. The molecule has 0 aromatic rings. The van der Waals surface area contributed by atoms with Crippen LogP contribution >= 0.6 is 0 Å². The van der Waals surface area contributed by atoms with Gasteiger partial charge in [0.25, 0.3) is 0 Å². The van der Waals surface area contributed by atoms with E-state index in [1.165, 1.54) is 38.5 Å². The van der Waals surface area contributed by atoms with Crippen molar-refractivity contribution in [1.82, 2.24) is 0 Å². The van der Waals surface area contributed by atoms with Crippen molar-refractivity contribution in [3.05, 3.63) is 0 Å². The second-order valence-electron chi connectivity index (χ2n) is 5.31. The summed E-state index contributed by atoms with van der Waals surface area (Å²) in [5.74, 6) is 0. The summed E-state index contributed by atoms with van der Waals surface area (Å²) in [7, 11) is 0. The fourth-order valence-corrected chi connectivity index (χ4v) is 3.46. The molecule has 0 aromatic heterocycles. The molecule has 2 fully saturated rings. The molecule has 2 N–H and O–H groups in total. The predicted octanol–water partition coefficient (Wildman–Crippen LogP) is 2.85. The van der Waals surface area contributed by atoms with E-state index in [1.54, 1.807) is 0 Å². The highest BCUT2D eigenvalue weighted by atomic mass is 16.5. The maximum Gasteiger partial charge on any atom is 0.0664 e. The summed E-state index contributed by atoms with van der Waals surface area (Å²) in [6.07, 6.45) is 9.67. The maximum absolute atomic E-state index is 6.24. The Kier molecular flexibility index (Phi) is 3.36. The minimum absolute atomic E-state index is 0.294. The fraction of sp³-hybridized carbons (Fsp3) is 1.00. The summed E-state index contributed by atoms with van der Waals surface area (Å²) in [6, 6.07) is 0.374. The van der Waals surface area contributed by atoms with Crippen molar-refractivity contribution in [2.45, 2.75) is 77.0 Å². The molecule has 2 aliphatic rings. The normalized spacial score (nSPS) is 35.4. The number of hydrogen-bond donors (Lipinski definition) is 1. The van der Waals surface area contributed by atoms with Gasteiger partial charge in [-0.3, -0.25) is 0 Å². The third kappa shape index (κ3) is 1.83. The van der Waals surface area contributed by atoms with Crippen LogP contribution in [0.25, 0.3) is 0 Å². The van der Waals surface area contributed by atoms with E-state index in [9.17, 15) is 0 Å². The lowest BCUT2D eigenvalue weighted by Crippen LogP contribution is -2.62. The Balaban J connectivity index is 1.92. The van der Waals surface area contributed by atoms with Crippen LogP contribution in [0.15, 0.2) is 0 Å². The molecule has 15 heavy (non-hydrogen) atoms. The molecule has 0 amide bonds. The van der Waals surface area contributed by atoms with Gasteiger partial charge in [0.05, 0.1) is 12.2 Å². The van der Waals surface area contributed by atoms with E-state index in [-0.39, 0.29) is 0 Å². The van der Waals surface area contributed by atoms with E-state index in [4.69, 9.17) is 10.5 Å². The average molecular weight is 211 g/mol. The molecular weight excluding hydrogens is 186 g/mol. The Morgan fingerprint density at radius 2 is 1.80 bits per heavy atom. The molecule has 2 unspecified atom stereocenters. The highest BCUT2D eigenvalue weighted by molar-refractivity contribution is 5.05. The quantitative estimate of drug-likeness (QED) is 0.776. The topological polar surface area (TPSA) is 35.2 Å². The zero-order valence-corrected chi connectivity index (χ0v) is 10.2. The van der Waals surface area contributed by atoms with Crippen molar-refractivity contribution >= 4 is 0 Å². The van der Waals surface area contributed by atoms with Crippen LogP contribution in [0.1, 0.15) is 58.8 Å². The van der Waals surface area contributed by atoms with Gasteiger partial charge in [-0.1, -0.05) is 26.7 Å². The van der Waals surface area contributed by atoms with Gasteiger partial charge >= 0.3 is 0 Å². The van der Waals surface area contributed by atoms with Crippen molar-refractivity contribution < 1.29 is 4.74 Å². The summed E-state index contributed by atoms with van der Waals surface area (Å²) < 4.78 is 6.24. The molecule has 0 saturated heterocycles. The molecule has 2 rings (SSSR count). The van der Waals surface area contributed by atoms with Gasteiger partial charge < -0.3 is 10.5 Å². The van der Waals surface area contributed by atoms with Gasteiger partial charge in [-0.05, 0) is 32.1 Å². The van der Waals surface area contributed by atoms with Crippen LogP contribution in [-0.2, 0) is 4.74 Å². The molecule has 0 aliphatic heterocycles. The molecule has 2 heteroatoms. The molecule has 0 aromatic carbocycles. The Bertz CT molecular complexity index is 207. The summed E-state index contributed by atoms with van der Waals surface area (Å²) >= 11 is 0. The van der Waals surface area contributed by atoms with Gasteiger partial charge in [0, 0.05) is 11.5 Å². The molecule has 2 atom stereocenters. The molecule has 2 saturated carbocycles. The Morgan fingerprint density at radius 1 is 1.20 bits per heavy atom. The number of hydrogen-bond acceptors (Lipinski definition) is 2. The van der Waals surface area contributed by atoms with E-state index in [0.717, 1.165) is 6.42 Å². The standard InChI is InChI=1S/C13H25NO/c1-3-13(4-2)11(14)9-12(13)15-10-7-5-6-8-10/h10-12H,3-9,14H2,1-2H3. The number of nitrogens with two attached hydrogens (primary N) is 1. The first-order valence-electron chi connectivity index (χ1n) is 6.64. The highest BCUT2D eigenvalue weighted by Gasteiger charge is 2.52. The second-order valence-corrected chi connectivity index (χ2v) is 5.31. The molecule has 88 valence electrons. The van der Waals surface area contributed by atoms with E-state index < -0.39 is 0 Å². The van der Waals surface area contributed by atoms with Crippen molar-refractivity contribution in [1.29, 1.82) is 0 Å². The smallest absolute Gasteiger partial charge is 0.0664 e. The second kappa shape index (κ2) is 4.42. The van der Waals surface area contributed by atoms with Gasteiger partial charge in [0.2, 0.25) is 0 Å². The lowest BCUT2D eigenvalue weighted by molar-refractivity contribution is -0.156. The van der Waals surface area contributed by atoms with Crippen LogP contribution in [0.2, 0.25) is 0 Å². The van der Waals surface area contributed by atoms with Gasteiger partial charge in [-0.25, -0.2) is 0 Å². The first kappa shape index (κ1) is 11.4. The average Bonchev–Trinajstić information content (AvgIpc) is 2.72. The van der Waals surface area contributed by atoms with Gasteiger partial charge in [0.15, 0.2) is 0 Å². The fourth-order valence-electron chi connectivity index (χ4n) is 3.46. The van der Waals surface area contributed by atoms with E-state index in [0.29, 0.717) is 23.7 Å². The zero-order valence-electron chi connectivity index (χ0n) is 10.2. The summed E-state index contributed by atoms with van der Waals surface area (Å²) in [5, 5.41) is 0. The van der Waals surface area contributed by atoms with Crippen LogP contribution in [-0.4, -0.2) is 18.2 Å². The van der Waals surface area contributed by atoms with Crippen molar-refractivity contribution in [2.75, 3.05) is 0 Å². The minimum atomic E-state index is 0.294. The molecule has 0 radical (unpaired) electrons. The predicted molar refractivity (Wildman–Crippen MR) is 62.7 cm³/mol. The number of ether oxygens (including phenoxy) is 1. The zero-order chi connectivity index (χ0) is 10.9. The first-order valence-corrected chi connectivity index (χ1v) is 6.64. The largest absolute Gasteiger partial charge is 0.374 e. The summed E-state index contributed by atoms with van der Waals surface area (Å²) in [5.41, 5.74) is 6.46. The Labute approximate surface area is 93.6 Å². The maximum atomic E-state index is 6.24. The molecule has 0 bridgehead atoms. The van der Waals surface area contributed by atoms with Crippen LogP contribution in [0.3, 0.4) is 0 Å². The van der Waals surface area contributed by atoms with E-state index in [1.807, 2.05) is 0 Å². The van der Waals surface area contributed by atoms with Crippen LogP contribution in [0, 0.1) is 5.41 Å². The van der Waals surface area contributed by atoms with Crippen molar-refractivity contribution in [2.24, 2.45) is 11.1 Å². The SMILES string of the molecule is CCC1(CC)C(N)CC1OC1CCCC1. The van der Waals surface area contributed by atoms with E-state index in [2.05, 4.69) is 13.8 Å². The van der Waals surface area contributed by atoms with E-state index >= 15 is 0 Å². The lowest BCUT2D eigenvalue weighted by atomic mass is 9.59. The number of rotatable bonds is 4. The third-order valence-corrected chi connectivity index (χ3v) is 4.82. The van der Waals surface area contributed by atoms with Crippen molar-refractivity contribution in [3.63, 3.8) is 0 Å².